The van der Waals surface area contributed by atoms with Crippen LogP contribution in [-0.4, -0.2) is 9.61 Å². The lowest BCUT2D eigenvalue weighted by Crippen LogP contribution is -2.10. The molecule has 0 aliphatic carbocycles. The van der Waals surface area contributed by atoms with Crippen LogP contribution >= 0.6 is 0 Å². The van der Waals surface area contributed by atoms with Crippen molar-refractivity contribution in [2.24, 2.45) is 0 Å². The molecule has 0 aliphatic rings. The second-order valence-electron chi connectivity index (χ2n) is 4.24. The predicted molar refractivity (Wildman–Crippen MR) is 58.7 cm³/mol. The monoisotopic (exact) mass is 206 g/mol. The van der Waals surface area contributed by atoms with E-state index in [-0.39, 0.29) is 0 Å². The first-order valence-electron chi connectivity index (χ1n) is 5.18. The van der Waals surface area contributed by atoms with Crippen molar-refractivity contribution >= 4 is 5.52 Å². The first-order chi connectivity index (χ1) is 7.02. The van der Waals surface area contributed by atoms with E-state index in [2.05, 4.69) is 12.0 Å². The minimum absolute atomic E-state index is 0.653. The van der Waals surface area contributed by atoms with Crippen LogP contribution in [0.5, 0.6) is 0 Å². The summed E-state index contributed by atoms with van der Waals surface area (Å²) in [5.74, 6) is 0. The lowest BCUT2D eigenvalue weighted by Gasteiger charge is -2.14. The summed E-state index contributed by atoms with van der Waals surface area (Å²) in [6.07, 6.45) is 4.54. The maximum atomic E-state index is 13.7. The van der Waals surface area contributed by atoms with Gasteiger partial charge in [0.05, 0.1) is 11.7 Å². The van der Waals surface area contributed by atoms with E-state index in [0.717, 1.165) is 11.9 Å². The molecule has 0 spiro atoms. The first-order valence-corrected chi connectivity index (χ1v) is 5.18. The van der Waals surface area contributed by atoms with Crippen LogP contribution in [0.15, 0.2) is 24.5 Å². The zero-order valence-corrected chi connectivity index (χ0v) is 9.29. The Balaban J connectivity index is 2.58. The van der Waals surface area contributed by atoms with Gasteiger partial charge in [0.15, 0.2) is 0 Å². The van der Waals surface area contributed by atoms with E-state index in [0.29, 0.717) is 5.56 Å². The topological polar surface area (TPSA) is 17.3 Å². The van der Waals surface area contributed by atoms with E-state index in [1.165, 1.54) is 5.56 Å². The molecule has 15 heavy (non-hydrogen) atoms. The molecule has 2 aromatic heterocycles. The number of aryl methyl sites for hydroxylation is 1. The Hall–Kier alpha value is -1.38. The number of alkyl halides is 1. The van der Waals surface area contributed by atoms with Gasteiger partial charge in [-0.2, -0.15) is 5.10 Å². The van der Waals surface area contributed by atoms with Crippen LogP contribution in [0.4, 0.5) is 4.39 Å². The third-order valence-corrected chi connectivity index (χ3v) is 2.66. The average Bonchev–Trinajstić information content (AvgIpc) is 2.58. The second-order valence-corrected chi connectivity index (χ2v) is 4.24. The molecule has 2 rings (SSSR count). The van der Waals surface area contributed by atoms with E-state index >= 15 is 0 Å². The van der Waals surface area contributed by atoms with Crippen molar-refractivity contribution in [2.45, 2.75) is 32.9 Å². The largest absolute Gasteiger partial charge is 0.240 e. The van der Waals surface area contributed by atoms with Gasteiger partial charge in [0.1, 0.15) is 5.67 Å². The van der Waals surface area contributed by atoms with Gasteiger partial charge in [0, 0.05) is 11.8 Å². The van der Waals surface area contributed by atoms with Gasteiger partial charge in [-0.25, -0.2) is 8.91 Å². The van der Waals surface area contributed by atoms with Crippen LogP contribution in [0.25, 0.3) is 5.52 Å². The minimum Gasteiger partial charge on any atom is -0.240 e. The van der Waals surface area contributed by atoms with Crippen molar-refractivity contribution in [2.75, 3.05) is 0 Å². The van der Waals surface area contributed by atoms with Gasteiger partial charge in [-0.1, -0.05) is 13.0 Å². The number of hydrogen-bond acceptors (Lipinski definition) is 1. The highest BCUT2D eigenvalue weighted by atomic mass is 19.1. The van der Waals surface area contributed by atoms with Gasteiger partial charge in [-0.05, 0) is 31.9 Å². The number of rotatable bonds is 2. The van der Waals surface area contributed by atoms with Gasteiger partial charge < -0.3 is 0 Å². The van der Waals surface area contributed by atoms with Gasteiger partial charge in [-0.3, -0.25) is 0 Å². The molecule has 2 aromatic rings. The smallest absolute Gasteiger partial charge is 0.131 e. The summed E-state index contributed by atoms with van der Waals surface area (Å²) in [5, 5.41) is 4.21. The summed E-state index contributed by atoms with van der Waals surface area (Å²) in [4.78, 5) is 0. The maximum Gasteiger partial charge on any atom is 0.131 e. The Kier molecular flexibility index (Phi) is 2.25. The Morgan fingerprint density at radius 1 is 1.40 bits per heavy atom. The highest BCUT2D eigenvalue weighted by molar-refractivity contribution is 5.54. The lowest BCUT2D eigenvalue weighted by molar-refractivity contribution is 0.220. The minimum atomic E-state index is -1.31. The quantitative estimate of drug-likeness (QED) is 0.738. The Morgan fingerprint density at radius 2 is 2.13 bits per heavy atom. The van der Waals surface area contributed by atoms with Crippen molar-refractivity contribution in [3.05, 3.63) is 35.7 Å². The lowest BCUT2D eigenvalue weighted by atomic mass is 10.0. The van der Waals surface area contributed by atoms with E-state index < -0.39 is 5.67 Å². The number of pyridine rings is 1. The molecular formula is C12H15FN2. The summed E-state index contributed by atoms with van der Waals surface area (Å²) in [6.45, 7) is 5.20. The van der Waals surface area contributed by atoms with Crippen LogP contribution in [0.3, 0.4) is 0 Å². The van der Waals surface area contributed by atoms with Gasteiger partial charge >= 0.3 is 0 Å². The maximum absolute atomic E-state index is 13.7. The summed E-state index contributed by atoms with van der Waals surface area (Å²) in [7, 11) is 0. The van der Waals surface area contributed by atoms with E-state index in [1.807, 2.05) is 18.3 Å². The Labute approximate surface area is 88.7 Å². The van der Waals surface area contributed by atoms with Crippen LogP contribution in [0.1, 0.15) is 31.9 Å². The molecule has 0 aromatic carbocycles. The molecule has 2 nitrogen and oxygen atoms in total. The molecule has 0 radical (unpaired) electrons. The molecule has 0 saturated carbocycles. The number of nitrogens with zero attached hydrogens (tertiary/aromatic N) is 2. The van der Waals surface area contributed by atoms with Crippen molar-refractivity contribution in [3.8, 4) is 0 Å². The zero-order chi connectivity index (χ0) is 11.1. The Morgan fingerprint density at radius 3 is 2.73 bits per heavy atom. The van der Waals surface area contributed by atoms with Crippen LogP contribution in [-0.2, 0) is 12.1 Å². The van der Waals surface area contributed by atoms with Crippen molar-refractivity contribution in [1.82, 2.24) is 9.61 Å². The van der Waals surface area contributed by atoms with E-state index in [4.69, 9.17) is 0 Å². The molecule has 0 fully saturated rings. The van der Waals surface area contributed by atoms with Crippen molar-refractivity contribution in [3.63, 3.8) is 0 Å². The molecule has 3 heteroatoms. The average molecular weight is 206 g/mol. The molecule has 80 valence electrons. The van der Waals surface area contributed by atoms with Gasteiger partial charge in [-0.15, -0.1) is 0 Å². The third kappa shape index (κ3) is 1.74. The Bertz CT molecular complexity index is 480. The second kappa shape index (κ2) is 3.33. The SMILES string of the molecule is CCc1cnn2cc(C(C)(C)F)ccc12. The molecule has 0 saturated heterocycles. The summed E-state index contributed by atoms with van der Waals surface area (Å²) >= 11 is 0. The van der Waals surface area contributed by atoms with Crippen LogP contribution in [0, 0.1) is 0 Å². The summed E-state index contributed by atoms with van der Waals surface area (Å²) in [5.41, 5.74) is 1.59. The fraction of sp³-hybridized carbons (Fsp3) is 0.417. The summed E-state index contributed by atoms with van der Waals surface area (Å²) in [6, 6.07) is 3.76. The first kappa shape index (κ1) is 10.1. The fourth-order valence-corrected chi connectivity index (χ4v) is 1.66. The number of halogens is 1. The molecule has 0 amide bonds. The van der Waals surface area contributed by atoms with Crippen molar-refractivity contribution < 1.29 is 4.39 Å². The molecule has 0 unspecified atom stereocenters. The highest BCUT2D eigenvalue weighted by Crippen LogP contribution is 2.25. The highest BCUT2D eigenvalue weighted by Gasteiger charge is 2.19. The molecule has 0 bridgehead atoms. The number of fused-ring (bicyclic) bond motifs is 1. The van der Waals surface area contributed by atoms with Gasteiger partial charge in [0.2, 0.25) is 0 Å². The third-order valence-electron chi connectivity index (χ3n) is 2.66. The standard InChI is InChI=1S/C12H15FN2/c1-4-9-7-14-15-8-10(12(2,3)13)5-6-11(9)15/h5-8H,4H2,1-3H3. The molecule has 0 atom stereocenters. The summed E-state index contributed by atoms with van der Waals surface area (Å²) < 4.78 is 15.4. The van der Waals surface area contributed by atoms with Gasteiger partial charge in [0.25, 0.3) is 0 Å². The van der Waals surface area contributed by atoms with Crippen LogP contribution < -0.4 is 0 Å². The molecule has 0 N–H and O–H groups in total. The molecular weight excluding hydrogens is 191 g/mol. The van der Waals surface area contributed by atoms with Crippen LogP contribution in [0.2, 0.25) is 0 Å². The number of aromatic nitrogens is 2. The zero-order valence-electron chi connectivity index (χ0n) is 9.29. The van der Waals surface area contributed by atoms with E-state index in [1.54, 1.807) is 24.6 Å². The fourth-order valence-electron chi connectivity index (χ4n) is 1.66. The molecule has 2 heterocycles. The normalized spacial score (nSPS) is 12.3. The predicted octanol–water partition coefficient (Wildman–Crippen LogP) is 3.10. The molecule has 0 aliphatic heterocycles. The number of hydrogen-bond donors (Lipinski definition) is 0. The van der Waals surface area contributed by atoms with Crippen molar-refractivity contribution in [1.29, 1.82) is 0 Å². The van der Waals surface area contributed by atoms with E-state index in [9.17, 15) is 4.39 Å².